The molecule has 2 rings (SSSR count). The maximum absolute atomic E-state index is 10.0. The summed E-state index contributed by atoms with van der Waals surface area (Å²) in [7, 11) is 0. The van der Waals surface area contributed by atoms with Gasteiger partial charge in [0, 0.05) is 0 Å². The van der Waals surface area contributed by atoms with Crippen LogP contribution in [0.25, 0.3) is 0 Å². The zero-order valence-corrected chi connectivity index (χ0v) is 9.11. The quantitative estimate of drug-likeness (QED) is 0.817. The predicted molar refractivity (Wildman–Crippen MR) is 59.3 cm³/mol. The lowest BCUT2D eigenvalue weighted by Gasteiger charge is -2.25. The fourth-order valence-corrected chi connectivity index (χ4v) is 3.58. The maximum atomic E-state index is 10.0. The highest BCUT2D eigenvalue weighted by Gasteiger charge is 2.23. The van der Waals surface area contributed by atoms with Gasteiger partial charge in [0.15, 0.2) is 0 Å². The Morgan fingerprint density at radius 1 is 1.38 bits per heavy atom. The van der Waals surface area contributed by atoms with Crippen LogP contribution < -0.4 is 0 Å². The Morgan fingerprint density at radius 2 is 2.15 bits per heavy atom. The van der Waals surface area contributed by atoms with E-state index in [9.17, 15) is 5.11 Å². The molecule has 3 heteroatoms. The van der Waals surface area contributed by atoms with Crippen molar-refractivity contribution in [1.82, 2.24) is 0 Å². The molecule has 0 bridgehead atoms. The molecule has 1 nitrogen and oxygen atoms in total. The second-order valence-electron chi connectivity index (χ2n) is 3.45. The number of hydrogen-bond acceptors (Lipinski definition) is 3. The average Bonchev–Trinajstić information content (AvgIpc) is 2.71. The summed E-state index contributed by atoms with van der Waals surface area (Å²) >= 11 is 3.67. The minimum absolute atomic E-state index is 0.216. The molecule has 1 fully saturated rings. The van der Waals surface area contributed by atoms with Gasteiger partial charge in [0.25, 0.3) is 0 Å². The van der Waals surface area contributed by atoms with Crippen molar-refractivity contribution in [2.45, 2.75) is 18.9 Å². The molecule has 1 saturated heterocycles. The lowest BCUT2D eigenvalue weighted by molar-refractivity contribution is 0.103. The van der Waals surface area contributed by atoms with Crippen LogP contribution in [0.4, 0.5) is 0 Å². The molecular formula is C10H14OS2. The summed E-state index contributed by atoms with van der Waals surface area (Å²) in [5.41, 5.74) is 1.11. The molecule has 1 aromatic rings. The lowest BCUT2D eigenvalue weighted by atomic mass is 9.92. The van der Waals surface area contributed by atoms with E-state index in [4.69, 9.17) is 0 Å². The van der Waals surface area contributed by atoms with Gasteiger partial charge in [-0.05, 0) is 52.7 Å². The molecule has 2 heterocycles. The molecule has 13 heavy (non-hydrogen) atoms. The van der Waals surface area contributed by atoms with E-state index < -0.39 is 0 Å². The minimum Gasteiger partial charge on any atom is -0.388 e. The van der Waals surface area contributed by atoms with Crippen LogP contribution in [-0.4, -0.2) is 16.6 Å². The topological polar surface area (TPSA) is 20.2 Å². The van der Waals surface area contributed by atoms with Crippen LogP contribution in [-0.2, 0) is 0 Å². The van der Waals surface area contributed by atoms with Crippen molar-refractivity contribution >= 4 is 23.1 Å². The number of aliphatic hydroxyl groups excluding tert-OH is 1. The molecule has 0 radical (unpaired) electrons. The summed E-state index contributed by atoms with van der Waals surface area (Å²) in [6.07, 6.45) is 2.12. The zero-order valence-electron chi connectivity index (χ0n) is 7.48. The molecule has 0 saturated carbocycles. The van der Waals surface area contributed by atoms with Crippen molar-refractivity contribution < 1.29 is 5.11 Å². The molecule has 72 valence electrons. The van der Waals surface area contributed by atoms with Crippen molar-refractivity contribution in [3.8, 4) is 0 Å². The summed E-state index contributed by atoms with van der Waals surface area (Å²) < 4.78 is 0. The third-order valence-corrected chi connectivity index (χ3v) is 4.35. The first kappa shape index (κ1) is 9.56. The Labute approximate surface area is 87.2 Å². The van der Waals surface area contributed by atoms with Crippen molar-refractivity contribution in [3.05, 3.63) is 22.4 Å². The smallest absolute Gasteiger partial charge is 0.0826 e. The van der Waals surface area contributed by atoms with E-state index in [1.54, 1.807) is 11.3 Å². The van der Waals surface area contributed by atoms with Gasteiger partial charge >= 0.3 is 0 Å². The normalized spacial score (nSPS) is 21.6. The zero-order chi connectivity index (χ0) is 9.10. The monoisotopic (exact) mass is 214 g/mol. The van der Waals surface area contributed by atoms with Crippen molar-refractivity contribution in [2.24, 2.45) is 5.92 Å². The Hall–Kier alpha value is 0.01000. The fourth-order valence-electron chi connectivity index (χ4n) is 1.75. The van der Waals surface area contributed by atoms with E-state index in [1.165, 1.54) is 24.3 Å². The maximum Gasteiger partial charge on any atom is 0.0826 e. The highest BCUT2D eigenvalue weighted by atomic mass is 32.2. The molecule has 0 amide bonds. The van der Waals surface area contributed by atoms with Gasteiger partial charge in [-0.1, -0.05) is 0 Å². The van der Waals surface area contributed by atoms with E-state index >= 15 is 0 Å². The highest BCUT2D eigenvalue weighted by Crippen LogP contribution is 2.33. The molecule has 1 aliphatic rings. The number of thioether (sulfide) groups is 1. The Balaban J connectivity index is 1.99. The van der Waals surface area contributed by atoms with Crippen LogP contribution in [0, 0.1) is 5.92 Å². The summed E-state index contributed by atoms with van der Waals surface area (Å²) in [6.45, 7) is 0. The van der Waals surface area contributed by atoms with Gasteiger partial charge in [-0.2, -0.15) is 23.1 Å². The third-order valence-electron chi connectivity index (χ3n) is 2.60. The van der Waals surface area contributed by atoms with Gasteiger partial charge < -0.3 is 5.11 Å². The Kier molecular flexibility index (Phi) is 3.30. The van der Waals surface area contributed by atoms with E-state index in [1.807, 2.05) is 23.2 Å². The number of hydrogen-bond donors (Lipinski definition) is 1. The second kappa shape index (κ2) is 4.49. The number of thiophene rings is 1. The van der Waals surface area contributed by atoms with Crippen molar-refractivity contribution in [3.63, 3.8) is 0 Å². The first-order chi connectivity index (χ1) is 6.38. The van der Waals surface area contributed by atoms with Crippen molar-refractivity contribution in [2.75, 3.05) is 11.5 Å². The molecule has 1 atom stereocenters. The second-order valence-corrected chi connectivity index (χ2v) is 5.46. The van der Waals surface area contributed by atoms with E-state index in [0.29, 0.717) is 5.92 Å². The molecule has 1 aliphatic heterocycles. The van der Waals surface area contributed by atoms with Crippen LogP contribution in [0.15, 0.2) is 16.8 Å². The molecule has 0 aliphatic carbocycles. The molecule has 1 N–H and O–H groups in total. The molecule has 0 spiro atoms. The minimum atomic E-state index is -0.216. The van der Waals surface area contributed by atoms with Crippen LogP contribution in [0.3, 0.4) is 0 Å². The molecular weight excluding hydrogens is 200 g/mol. The summed E-state index contributed by atoms with van der Waals surface area (Å²) in [5.74, 6) is 2.92. The SMILES string of the molecule is OC(c1ccsc1)C1CCSCC1. The van der Waals surface area contributed by atoms with Gasteiger partial charge in [0.2, 0.25) is 0 Å². The van der Waals surface area contributed by atoms with Crippen LogP contribution in [0.1, 0.15) is 24.5 Å². The molecule has 0 aromatic carbocycles. The first-order valence-electron chi connectivity index (χ1n) is 4.66. The van der Waals surface area contributed by atoms with E-state index in [-0.39, 0.29) is 6.10 Å². The van der Waals surface area contributed by atoms with Gasteiger partial charge in [-0.3, -0.25) is 0 Å². The van der Waals surface area contributed by atoms with E-state index in [2.05, 4.69) is 5.38 Å². The summed E-state index contributed by atoms with van der Waals surface area (Å²) in [5, 5.41) is 14.1. The summed E-state index contributed by atoms with van der Waals surface area (Å²) in [6, 6.07) is 2.04. The first-order valence-corrected chi connectivity index (χ1v) is 6.75. The summed E-state index contributed by atoms with van der Waals surface area (Å²) in [4.78, 5) is 0. The largest absolute Gasteiger partial charge is 0.388 e. The predicted octanol–water partition coefficient (Wildman–Crippen LogP) is 2.92. The molecule has 1 aromatic heterocycles. The van der Waals surface area contributed by atoms with Gasteiger partial charge in [0.05, 0.1) is 6.10 Å². The number of rotatable bonds is 2. The third kappa shape index (κ3) is 2.27. The highest BCUT2D eigenvalue weighted by molar-refractivity contribution is 7.99. The van der Waals surface area contributed by atoms with Crippen LogP contribution >= 0.6 is 23.1 Å². The van der Waals surface area contributed by atoms with Crippen molar-refractivity contribution in [1.29, 1.82) is 0 Å². The standard InChI is InChI=1S/C10H14OS2/c11-10(9-3-6-13-7-9)8-1-4-12-5-2-8/h3,6-8,10-11H,1-2,4-5H2. The average molecular weight is 214 g/mol. The molecule has 1 unspecified atom stereocenters. The van der Waals surface area contributed by atoms with Crippen LogP contribution in [0.5, 0.6) is 0 Å². The Morgan fingerprint density at radius 3 is 2.77 bits per heavy atom. The van der Waals surface area contributed by atoms with E-state index in [0.717, 1.165) is 5.56 Å². The van der Waals surface area contributed by atoms with Gasteiger partial charge in [-0.15, -0.1) is 0 Å². The Bertz CT molecular complexity index is 239. The van der Waals surface area contributed by atoms with Gasteiger partial charge in [-0.25, -0.2) is 0 Å². The number of aliphatic hydroxyl groups is 1. The fraction of sp³-hybridized carbons (Fsp3) is 0.600. The lowest BCUT2D eigenvalue weighted by Crippen LogP contribution is -2.17. The van der Waals surface area contributed by atoms with Gasteiger partial charge in [0.1, 0.15) is 0 Å². The van der Waals surface area contributed by atoms with Crippen LogP contribution in [0.2, 0.25) is 0 Å².